The number of pyridine rings is 1. The van der Waals surface area contributed by atoms with Crippen LogP contribution in [0, 0.1) is 18.3 Å². The molecule has 2 heterocycles. The Morgan fingerprint density at radius 1 is 1.10 bits per heavy atom. The summed E-state index contributed by atoms with van der Waals surface area (Å²) in [6.07, 6.45) is 2.03. The summed E-state index contributed by atoms with van der Waals surface area (Å²) in [7, 11) is 2.07. The minimum absolute atomic E-state index is 0.767. The highest BCUT2D eigenvalue weighted by molar-refractivity contribution is 5.67. The lowest BCUT2D eigenvalue weighted by Gasteiger charge is -2.19. The lowest BCUT2D eigenvalue weighted by atomic mass is 10.1. The Bertz CT molecular complexity index is 810. The molecule has 21 heavy (non-hydrogen) atoms. The van der Waals surface area contributed by atoms with Crippen molar-refractivity contribution in [3.05, 3.63) is 71.5 Å². The summed E-state index contributed by atoms with van der Waals surface area (Å²) in [6, 6.07) is 18.6. The molecular weight excluding hydrogens is 258 g/mol. The highest BCUT2D eigenvalue weighted by Crippen LogP contribution is 2.24. The van der Waals surface area contributed by atoms with Gasteiger partial charge in [0.15, 0.2) is 0 Å². The van der Waals surface area contributed by atoms with Gasteiger partial charge in [0.1, 0.15) is 6.07 Å². The van der Waals surface area contributed by atoms with Gasteiger partial charge in [0.25, 0.3) is 0 Å². The molecule has 1 aromatic carbocycles. The van der Waals surface area contributed by atoms with Crippen molar-refractivity contribution in [3.8, 4) is 6.07 Å². The first kappa shape index (κ1) is 13.3. The molecule has 0 aliphatic rings. The second-order valence-corrected chi connectivity index (χ2v) is 5.21. The lowest BCUT2D eigenvalue weighted by molar-refractivity contribution is 0.862. The van der Waals surface area contributed by atoms with E-state index in [9.17, 15) is 5.26 Å². The van der Waals surface area contributed by atoms with E-state index >= 15 is 0 Å². The molecule has 0 spiro atoms. The first-order valence-electron chi connectivity index (χ1n) is 6.97. The van der Waals surface area contributed by atoms with E-state index in [2.05, 4.69) is 34.6 Å². The van der Waals surface area contributed by atoms with Gasteiger partial charge < -0.3 is 9.30 Å². The van der Waals surface area contributed by atoms with Crippen molar-refractivity contribution in [2.45, 2.75) is 13.5 Å². The maximum absolute atomic E-state index is 9.40. The van der Waals surface area contributed by atoms with Crippen LogP contribution in [0.3, 0.4) is 0 Å². The Labute approximate surface area is 124 Å². The number of nitrogens with zero attached hydrogens (tertiary/aromatic N) is 3. The molecule has 0 unspecified atom stereocenters. The topological polar surface area (TPSA) is 31.4 Å². The second kappa shape index (κ2) is 5.34. The van der Waals surface area contributed by atoms with Crippen molar-refractivity contribution in [3.63, 3.8) is 0 Å². The average Bonchev–Trinajstić information content (AvgIpc) is 2.80. The van der Waals surface area contributed by atoms with Crippen LogP contribution in [0.25, 0.3) is 5.52 Å². The minimum Gasteiger partial charge on any atom is -0.369 e. The van der Waals surface area contributed by atoms with Crippen LogP contribution in [-0.4, -0.2) is 11.4 Å². The van der Waals surface area contributed by atoms with E-state index in [0.29, 0.717) is 0 Å². The fourth-order valence-electron chi connectivity index (χ4n) is 2.73. The maximum Gasteiger partial charge on any atom is 0.102 e. The lowest BCUT2D eigenvalue weighted by Crippen LogP contribution is -2.18. The van der Waals surface area contributed by atoms with E-state index in [4.69, 9.17) is 0 Å². The summed E-state index contributed by atoms with van der Waals surface area (Å²) in [5.74, 6) is 0. The van der Waals surface area contributed by atoms with Gasteiger partial charge in [0.05, 0.1) is 17.6 Å². The highest BCUT2D eigenvalue weighted by Gasteiger charge is 2.15. The number of benzene rings is 1. The van der Waals surface area contributed by atoms with Gasteiger partial charge in [-0.05, 0) is 36.8 Å². The number of para-hydroxylation sites is 1. The van der Waals surface area contributed by atoms with E-state index in [0.717, 1.165) is 28.9 Å². The Kier molecular flexibility index (Phi) is 3.37. The molecule has 0 amide bonds. The first-order valence-corrected chi connectivity index (χ1v) is 6.97. The van der Waals surface area contributed by atoms with E-state index in [1.807, 2.05) is 49.5 Å². The molecule has 3 rings (SSSR count). The Hall–Kier alpha value is -2.73. The maximum atomic E-state index is 9.40. The molecule has 0 saturated carbocycles. The van der Waals surface area contributed by atoms with E-state index in [1.54, 1.807) is 0 Å². The number of hydrogen-bond acceptors (Lipinski definition) is 2. The minimum atomic E-state index is 0.767. The molecule has 0 fully saturated rings. The third kappa shape index (κ3) is 2.25. The summed E-state index contributed by atoms with van der Waals surface area (Å²) >= 11 is 0. The molecule has 0 radical (unpaired) electrons. The third-order valence-corrected chi connectivity index (χ3v) is 3.91. The predicted octanol–water partition coefficient (Wildman–Crippen LogP) is 3.76. The predicted molar refractivity (Wildman–Crippen MR) is 85.4 cm³/mol. The highest BCUT2D eigenvalue weighted by atomic mass is 15.1. The van der Waals surface area contributed by atoms with Crippen LogP contribution in [0.5, 0.6) is 0 Å². The van der Waals surface area contributed by atoms with E-state index in [1.165, 1.54) is 5.69 Å². The summed E-state index contributed by atoms with van der Waals surface area (Å²) < 4.78 is 2.12. The van der Waals surface area contributed by atoms with Crippen LogP contribution in [-0.2, 0) is 6.54 Å². The van der Waals surface area contributed by atoms with Gasteiger partial charge in [-0.25, -0.2) is 0 Å². The number of anilines is 1. The van der Waals surface area contributed by atoms with Crippen molar-refractivity contribution in [2.24, 2.45) is 0 Å². The smallest absolute Gasteiger partial charge is 0.102 e. The molecule has 0 N–H and O–H groups in total. The molecule has 3 aromatic rings. The zero-order valence-electron chi connectivity index (χ0n) is 12.2. The Morgan fingerprint density at radius 2 is 1.81 bits per heavy atom. The van der Waals surface area contributed by atoms with Gasteiger partial charge in [-0.15, -0.1) is 0 Å². The number of rotatable bonds is 3. The molecule has 0 saturated heterocycles. The zero-order valence-corrected chi connectivity index (χ0v) is 12.2. The number of nitriles is 1. The summed E-state index contributed by atoms with van der Waals surface area (Å²) in [6.45, 7) is 2.79. The van der Waals surface area contributed by atoms with Gasteiger partial charge in [0.2, 0.25) is 0 Å². The number of hydrogen-bond donors (Lipinski definition) is 0. The molecule has 3 heteroatoms. The fraction of sp³-hybridized carbons (Fsp3) is 0.167. The molecule has 104 valence electrons. The summed E-state index contributed by atoms with van der Waals surface area (Å²) in [5.41, 5.74) is 5.14. The Balaban J connectivity index is 2.06. The van der Waals surface area contributed by atoms with Crippen LogP contribution in [0.15, 0.2) is 54.7 Å². The van der Waals surface area contributed by atoms with Crippen LogP contribution in [0.2, 0.25) is 0 Å². The van der Waals surface area contributed by atoms with Gasteiger partial charge in [0, 0.05) is 24.6 Å². The summed E-state index contributed by atoms with van der Waals surface area (Å²) in [5, 5.41) is 9.40. The summed E-state index contributed by atoms with van der Waals surface area (Å²) in [4.78, 5) is 2.20. The average molecular weight is 275 g/mol. The SMILES string of the molecule is Cc1c(C#N)c2ccccn2c1CN(C)c1ccccc1. The molecule has 2 aromatic heterocycles. The normalized spacial score (nSPS) is 10.5. The van der Waals surface area contributed by atoms with Crippen molar-refractivity contribution in [1.29, 1.82) is 5.26 Å². The van der Waals surface area contributed by atoms with Gasteiger partial charge in [-0.1, -0.05) is 24.3 Å². The van der Waals surface area contributed by atoms with E-state index in [-0.39, 0.29) is 0 Å². The monoisotopic (exact) mass is 275 g/mol. The first-order chi connectivity index (χ1) is 10.2. The van der Waals surface area contributed by atoms with Gasteiger partial charge in [-0.2, -0.15) is 5.26 Å². The van der Waals surface area contributed by atoms with Crippen LogP contribution >= 0.6 is 0 Å². The molecule has 3 nitrogen and oxygen atoms in total. The molecule has 0 aliphatic carbocycles. The third-order valence-electron chi connectivity index (χ3n) is 3.91. The Morgan fingerprint density at radius 3 is 2.52 bits per heavy atom. The second-order valence-electron chi connectivity index (χ2n) is 5.21. The largest absolute Gasteiger partial charge is 0.369 e. The van der Waals surface area contributed by atoms with Crippen LogP contribution in [0.4, 0.5) is 5.69 Å². The van der Waals surface area contributed by atoms with Crippen LogP contribution in [0.1, 0.15) is 16.8 Å². The van der Waals surface area contributed by atoms with Crippen LogP contribution < -0.4 is 4.90 Å². The standard InChI is InChI=1S/C18H17N3/c1-14-16(12-19)17-10-6-7-11-21(17)18(14)13-20(2)15-8-4-3-5-9-15/h3-11H,13H2,1-2H3. The number of aromatic nitrogens is 1. The fourth-order valence-corrected chi connectivity index (χ4v) is 2.73. The molecular formula is C18H17N3. The molecule has 0 aliphatic heterocycles. The van der Waals surface area contributed by atoms with Crippen molar-refractivity contribution in [1.82, 2.24) is 4.40 Å². The number of fused-ring (bicyclic) bond motifs is 1. The van der Waals surface area contributed by atoms with Gasteiger partial charge in [-0.3, -0.25) is 0 Å². The van der Waals surface area contributed by atoms with Crippen molar-refractivity contribution in [2.75, 3.05) is 11.9 Å². The van der Waals surface area contributed by atoms with E-state index < -0.39 is 0 Å². The van der Waals surface area contributed by atoms with Crippen molar-refractivity contribution < 1.29 is 0 Å². The van der Waals surface area contributed by atoms with Crippen molar-refractivity contribution >= 4 is 11.2 Å². The molecule has 0 bridgehead atoms. The van der Waals surface area contributed by atoms with Gasteiger partial charge >= 0.3 is 0 Å². The zero-order chi connectivity index (χ0) is 14.8. The quantitative estimate of drug-likeness (QED) is 0.729. The molecule has 0 atom stereocenters.